The molecule has 0 aliphatic heterocycles. The van der Waals surface area contributed by atoms with Gasteiger partial charge in [0, 0.05) is 13.1 Å². The molecule has 0 bridgehead atoms. The number of amides is 1. The van der Waals surface area contributed by atoms with Crippen molar-refractivity contribution in [3.8, 4) is 0 Å². The average molecular weight is 217 g/mol. The molecule has 0 saturated heterocycles. The topological polar surface area (TPSA) is 53.2 Å². The molecule has 14 heavy (non-hydrogen) atoms. The van der Waals surface area contributed by atoms with Gasteiger partial charge in [0.15, 0.2) is 5.11 Å². The van der Waals surface area contributed by atoms with Crippen LogP contribution in [0.1, 0.15) is 20.8 Å². The minimum Gasteiger partial charge on any atom is -0.362 e. The molecule has 0 radical (unpaired) electrons. The standard InChI is InChI=1S/C9H19N3OS/c1-4-10-8(13)6-12-9(14)11-5-7(2)3/h7H,4-6H2,1-3H3,(H,10,13)(H2,11,12,14). The number of carbonyl (C=O) groups excluding carboxylic acids is 1. The van der Waals surface area contributed by atoms with Crippen LogP contribution in [0.2, 0.25) is 0 Å². The van der Waals surface area contributed by atoms with E-state index < -0.39 is 0 Å². The Bertz CT molecular complexity index is 194. The number of carbonyl (C=O) groups is 1. The predicted molar refractivity (Wildman–Crippen MR) is 62.1 cm³/mol. The van der Waals surface area contributed by atoms with Crippen LogP contribution in [0.15, 0.2) is 0 Å². The zero-order valence-corrected chi connectivity index (χ0v) is 9.83. The molecule has 0 rings (SSSR count). The third-order valence-electron chi connectivity index (χ3n) is 1.45. The van der Waals surface area contributed by atoms with Gasteiger partial charge in [0.1, 0.15) is 0 Å². The van der Waals surface area contributed by atoms with Crippen molar-refractivity contribution in [3.05, 3.63) is 0 Å². The molecule has 82 valence electrons. The van der Waals surface area contributed by atoms with E-state index in [4.69, 9.17) is 12.2 Å². The first kappa shape index (κ1) is 13.2. The largest absolute Gasteiger partial charge is 0.362 e. The first-order chi connectivity index (χ1) is 6.56. The minimum absolute atomic E-state index is 0.0406. The first-order valence-corrected chi connectivity index (χ1v) is 5.25. The molecule has 0 unspecified atom stereocenters. The van der Waals surface area contributed by atoms with Crippen LogP contribution >= 0.6 is 12.2 Å². The molecule has 3 N–H and O–H groups in total. The molecule has 0 atom stereocenters. The van der Waals surface area contributed by atoms with Gasteiger partial charge in [-0.1, -0.05) is 13.8 Å². The lowest BCUT2D eigenvalue weighted by Crippen LogP contribution is -2.42. The highest BCUT2D eigenvalue weighted by molar-refractivity contribution is 7.80. The van der Waals surface area contributed by atoms with E-state index in [1.54, 1.807) is 0 Å². The van der Waals surface area contributed by atoms with Gasteiger partial charge in [-0.2, -0.15) is 0 Å². The van der Waals surface area contributed by atoms with E-state index in [9.17, 15) is 4.79 Å². The Hall–Kier alpha value is -0.840. The van der Waals surface area contributed by atoms with Crippen molar-refractivity contribution in [2.45, 2.75) is 20.8 Å². The van der Waals surface area contributed by atoms with E-state index in [0.29, 0.717) is 17.6 Å². The van der Waals surface area contributed by atoms with Crippen molar-refractivity contribution in [1.82, 2.24) is 16.0 Å². The maximum Gasteiger partial charge on any atom is 0.239 e. The van der Waals surface area contributed by atoms with Crippen LogP contribution in [0.5, 0.6) is 0 Å². The molecule has 0 aliphatic rings. The van der Waals surface area contributed by atoms with Crippen molar-refractivity contribution in [1.29, 1.82) is 0 Å². The Kier molecular flexibility index (Phi) is 7.10. The van der Waals surface area contributed by atoms with Crippen LogP contribution in [0.4, 0.5) is 0 Å². The van der Waals surface area contributed by atoms with Gasteiger partial charge in [-0.15, -0.1) is 0 Å². The summed E-state index contributed by atoms with van der Waals surface area (Å²) in [5, 5.41) is 9.06. The fraction of sp³-hybridized carbons (Fsp3) is 0.778. The molecule has 0 aromatic heterocycles. The number of hydrogen-bond acceptors (Lipinski definition) is 2. The molecule has 0 aromatic rings. The summed E-state index contributed by atoms with van der Waals surface area (Å²) in [6.07, 6.45) is 0. The highest BCUT2D eigenvalue weighted by Crippen LogP contribution is 1.86. The van der Waals surface area contributed by atoms with Gasteiger partial charge in [-0.05, 0) is 25.1 Å². The number of rotatable bonds is 5. The first-order valence-electron chi connectivity index (χ1n) is 4.84. The minimum atomic E-state index is -0.0406. The molecule has 1 amide bonds. The lowest BCUT2D eigenvalue weighted by atomic mass is 10.2. The summed E-state index contributed by atoms with van der Waals surface area (Å²) in [7, 11) is 0. The predicted octanol–water partition coefficient (Wildman–Crippen LogP) is 0.243. The van der Waals surface area contributed by atoms with Crippen LogP contribution in [-0.4, -0.2) is 30.7 Å². The lowest BCUT2D eigenvalue weighted by Gasteiger charge is -2.11. The summed E-state index contributed by atoms with van der Waals surface area (Å²) in [5.41, 5.74) is 0. The summed E-state index contributed by atoms with van der Waals surface area (Å²) < 4.78 is 0. The van der Waals surface area contributed by atoms with Crippen molar-refractivity contribution in [3.63, 3.8) is 0 Å². The second kappa shape index (κ2) is 7.55. The molecule has 4 nitrogen and oxygen atoms in total. The second-order valence-corrected chi connectivity index (χ2v) is 3.82. The summed E-state index contributed by atoms with van der Waals surface area (Å²) in [6, 6.07) is 0. The van der Waals surface area contributed by atoms with Crippen molar-refractivity contribution >= 4 is 23.2 Å². The van der Waals surface area contributed by atoms with Crippen LogP contribution in [0.25, 0.3) is 0 Å². The van der Waals surface area contributed by atoms with Crippen molar-refractivity contribution in [2.75, 3.05) is 19.6 Å². The van der Waals surface area contributed by atoms with Gasteiger partial charge in [0.2, 0.25) is 5.91 Å². The third kappa shape index (κ3) is 7.79. The van der Waals surface area contributed by atoms with Crippen molar-refractivity contribution in [2.24, 2.45) is 5.92 Å². The maximum atomic E-state index is 11.0. The zero-order chi connectivity index (χ0) is 11.0. The van der Waals surface area contributed by atoms with Crippen LogP contribution < -0.4 is 16.0 Å². The van der Waals surface area contributed by atoms with E-state index in [0.717, 1.165) is 6.54 Å². The highest BCUT2D eigenvalue weighted by Gasteiger charge is 2.00. The molecule has 0 spiro atoms. The Morgan fingerprint density at radius 1 is 1.29 bits per heavy atom. The highest BCUT2D eigenvalue weighted by atomic mass is 32.1. The summed E-state index contributed by atoms with van der Waals surface area (Å²) >= 11 is 4.97. The van der Waals surface area contributed by atoms with E-state index >= 15 is 0 Å². The van der Waals surface area contributed by atoms with Gasteiger partial charge in [0.25, 0.3) is 0 Å². The fourth-order valence-electron chi connectivity index (χ4n) is 0.780. The smallest absolute Gasteiger partial charge is 0.239 e. The SMILES string of the molecule is CCNC(=O)CNC(=S)NCC(C)C. The van der Waals surface area contributed by atoms with E-state index in [1.165, 1.54) is 0 Å². The quantitative estimate of drug-likeness (QED) is 0.578. The van der Waals surface area contributed by atoms with Gasteiger partial charge < -0.3 is 16.0 Å². The lowest BCUT2D eigenvalue weighted by molar-refractivity contribution is -0.119. The molecule has 0 saturated carbocycles. The molecule has 0 aromatic carbocycles. The van der Waals surface area contributed by atoms with Crippen LogP contribution in [-0.2, 0) is 4.79 Å². The summed E-state index contributed by atoms with van der Waals surface area (Å²) in [6.45, 7) is 7.78. The Morgan fingerprint density at radius 3 is 2.43 bits per heavy atom. The number of hydrogen-bond donors (Lipinski definition) is 3. The monoisotopic (exact) mass is 217 g/mol. The Morgan fingerprint density at radius 2 is 1.93 bits per heavy atom. The van der Waals surface area contributed by atoms with E-state index in [1.807, 2.05) is 6.92 Å². The molecular formula is C9H19N3OS. The van der Waals surface area contributed by atoms with Crippen LogP contribution in [0.3, 0.4) is 0 Å². The Labute approximate surface area is 90.8 Å². The van der Waals surface area contributed by atoms with Gasteiger partial charge in [-0.25, -0.2) is 0 Å². The normalized spacial score (nSPS) is 9.71. The van der Waals surface area contributed by atoms with Crippen molar-refractivity contribution < 1.29 is 4.79 Å². The van der Waals surface area contributed by atoms with Gasteiger partial charge >= 0.3 is 0 Å². The summed E-state index contributed by atoms with van der Waals surface area (Å²) in [4.78, 5) is 11.0. The van der Waals surface area contributed by atoms with E-state index in [-0.39, 0.29) is 12.5 Å². The number of thiocarbonyl (C=S) groups is 1. The molecule has 0 fully saturated rings. The fourth-order valence-corrected chi connectivity index (χ4v) is 0.935. The molecule has 0 aliphatic carbocycles. The zero-order valence-electron chi connectivity index (χ0n) is 9.02. The molecule has 5 heteroatoms. The van der Waals surface area contributed by atoms with Crippen LogP contribution in [0, 0.1) is 5.92 Å². The Balaban J connectivity index is 3.48. The number of likely N-dealkylation sites (N-methyl/N-ethyl adjacent to an activating group) is 1. The maximum absolute atomic E-state index is 11.0. The second-order valence-electron chi connectivity index (χ2n) is 3.41. The van der Waals surface area contributed by atoms with Gasteiger partial charge in [0.05, 0.1) is 6.54 Å². The molecular weight excluding hydrogens is 198 g/mol. The number of nitrogens with one attached hydrogen (secondary N) is 3. The molecule has 0 heterocycles. The summed E-state index contributed by atoms with van der Waals surface area (Å²) in [5.74, 6) is 0.500. The third-order valence-corrected chi connectivity index (χ3v) is 1.74. The average Bonchev–Trinajstić information content (AvgIpc) is 2.12. The van der Waals surface area contributed by atoms with Gasteiger partial charge in [-0.3, -0.25) is 4.79 Å². The van der Waals surface area contributed by atoms with E-state index in [2.05, 4.69) is 29.8 Å².